The van der Waals surface area contributed by atoms with E-state index in [2.05, 4.69) is 48.7 Å². The van der Waals surface area contributed by atoms with Gasteiger partial charge in [-0.25, -0.2) is 4.98 Å². The number of nitrogens with zero attached hydrogens (tertiary/aromatic N) is 2. The van der Waals surface area contributed by atoms with Crippen LogP contribution in [0.25, 0.3) is 11.7 Å². The van der Waals surface area contributed by atoms with Gasteiger partial charge >= 0.3 is 0 Å². The molecule has 0 spiro atoms. The highest BCUT2D eigenvalue weighted by molar-refractivity contribution is 5.56. The molecule has 0 fully saturated rings. The predicted octanol–water partition coefficient (Wildman–Crippen LogP) is 4.80. The van der Waals surface area contributed by atoms with Crippen molar-refractivity contribution in [3.63, 3.8) is 0 Å². The lowest BCUT2D eigenvalue weighted by molar-refractivity contribution is 0.660. The van der Waals surface area contributed by atoms with Crippen LogP contribution in [0.3, 0.4) is 0 Å². The number of imidazole rings is 1. The Morgan fingerprint density at radius 1 is 1.26 bits per heavy atom. The van der Waals surface area contributed by atoms with Gasteiger partial charge in [0, 0.05) is 11.9 Å². The van der Waals surface area contributed by atoms with Crippen molar-refractivity contribution in [3.05, 3.63) is 41.4 Å². The number of fused-ring (bicyclic) bond motifs is 1. The van der Waals surface area contributed by atoms with E-state index in [0.717, 1.165) is 12.1 Å². The molecule has 0 amide bonds. The maximum Gasteiger partial charge on any atom is 0.137 e. The van der Waals surface area contributed by atoms with Crippen molar-refractivity contribution < 1.29 is 0 Å². The van der Waals surface area contributed by atoms with Gasteiger partial charge in [0.1, 0.15) is 5.65 Å². The van der Waals surface area contributed by atoms with Crippen LogP contribution < -0.4 is 0 Å². The summed E-state index contributed by atoms with van der Waals surface area (Å²) in [5.41, 5.74) is 4.84. The number of aryl methyl sites for hydroxylation is 2. The van der Waals surface area contributed by atoms with Gasteiger partial charge in [-0.05, 0) is 44.4 Å². The summed E-state index contributed by atoms with van der Waals surface area (Å²) in [6.45, 7) is 6.46. The SMILES string of the molecule is C/C=C/c1ccn2c(C)c(CCCCCC)nc2c1. The fourth-order valence-corrected chi connectivity index (χ4v) is 2.48. The Labute approximate surface area is 116 Å². The van der Waals surface area contributed by atoms with Crippen LogP contribution in [0.5, 0.6) is 0 Å². The van der Waals surface area contributed by atoms with Crippen LogP contribution in [0.2, 0.25) is 0 Å². The summed E-state index contributed by atoms with van der Waals surface area (Å²) in [5, 5.41) is 0. The van der Waals surface area contributed by atoms with Crippen molar-refractivity contribution in [1.29, 1.82) is 0 Å². The molecule has 0 aromatic carbocycles. The highest BCUT2D eigenvalue weighted by Gasteiger charge is 2.07. The van der Waals surface area contributed by atoms with E-state index < -0.39 is 0 Å². The first-order valence-electron chi connectivity index (χ1n) is 7.36. The zero-order valence-electron chi connectivity index (χ0n) is 12.3. The van der Waals surface area contributed by atoms with E-state index in [1.165, 1.54) is 42.6 Å². The van der Waals surface area contributed by atoms with Gasteiger partial charge in [-0.2, -0.15) is 0 Å². The summed E-state index contributed by atoms with van der Waals surface area (Å²) in [5.74, 6) is 0. The number of unbranched alkanes of at least 4 members (excludes halogenated alkanes) is 3. The largest absolute Gasteiger partial charge is 0.304 e. The molecule has 2 aromatic heterocycles. The van der Waals surface area contributed by atoms with E-state index in [0.29, 0.717) is 0 Å². The van der Waals surface area contributed by atoms with Gasteiger partial charge < -0.3 is 4.40 Å². The van der Waals surface area contributed by atoms with Crippen LogP contribution in [0, 0.1) is 6.92 Å². The maximum atomic E-state index is 4.78. The van der Waals surface area contributed by atoms with Crippen LogP contribution in [0.4, 0.5) is 0 Å². The van der Waals surface area contributed by atoms with Gasteiger partial charge in [-0.15, -0.1) is 0 Å². The highest BCUT2D eigenvalue weighted by atomic mass is 15.0. The summed E-state index contributed by atoms with van der Waals surface area (Å²) in [7, 11) is 0. The first kappa shape index (κ1) is 13.9. The molecule has 0 radical (unpaired) electrons. The van der Waals surface area contributed by atoms with Crippen molar-refractivity contribution >= 4 is 11.7 Å². The zero-order chi connectivity index (χ0) is 13.7. The zero-order valence-corrected chi connectivity index (χ0v) is 12.3. The second-order valence-electron chi connectivity index (χ2n) is 5.14. The summed E-state index contributed by atoms with van der Waals surface area (Å²) < 4.78 is 2.20. The topological polar surface area (TPSA) is 17.3 Å². The molecule has 0 aliphatic heterocycles. The number of aromatic nitrogens is 2. The Hall–Kier alpha value is -1.57. The summed E-state index contributed by atoms with van der Waals surface area (Å²) in [4.78, 5) is 4.78. The molecule has 19 heavy (non-hydrogen) atoms. The third kappa shape index (κ3) is 3.25. The molecule has 2 rings (SSSR count). The summed E-state index contributed by atoms with van der Waals surface area (Å²) in [6.07, 6.45) is 12.6. The molecular formula is C17H24N2. The Balaban J connectivity index is 2.18. The fraction of sp³-hybridized carbons (Fsp3) is 0.471. The second-order valence-corrected chi connectivity index (χ2v) is 5.14. The van der Waals surface area contributed by atoms with Crippen molar-refractivity contribution in [2.75, 3.05) is 0 Å². The fourth-order valence-electron chi connectivity index (χ4n) is 2.48. The first-order valence-corrected chi connectivity index (χ1v) is 7.36. The van der Waals surface area contributed by atoms with Gasteiger partial charge in [-0.1, -0.05) is 38.3 Å². The maximum absolute atomic E-state index is 4.78. The van der Waals surface area contributed by atoms with Gasteiger partial charge in [0.05, 0.1) is 5.69 Å². The van der Waals surface area contributed by atoms with E-state index in [9.17, 15) is 0 Å². The van der Waals surface area contributed by atoms with Crippen molar-refractivity contribution in [3.8, 4) is 0 Å². The lowest BCUT2D eigenvalue weighted by atomic mass is 10.1. The molecule has 2 aromatic rings. The molecule has 0 saturated heterocycles. The highest BCUT2D eigenvalue weighted by Crippen LogP contribution is 2.16. The molecule has 0 aliphatic carbocycles. The van der Waals surface area contributed by atoms with Crippen LogP contribution in [-0.2, 0) is 6.42 Å². The molecule has 0 aliphatic rings. The number of allylic oxidation sites excluding steroid dienone is 1. The molecule has 0 N–H and O–H groups in total. The van der Waals surface area contributed by atoms with Crippen molar-refractivity contribution in [1.82, 2.24) is 9.38 Å². The van der Waals surface area contributed by atoms with E-state index in [4.69, 9.17) is 4.98 Å². The predicted molar refractivity (Wildman–Crippen MR) is 82.5 cm³/mol. The molecule has 2 nitrogen and oxygen atoms in total. The summed E-state index contributed by atoms with van der Waals surface area (Å²) in [6, 6.07) is 4.30. The number of pyridine rings is 1. The summed E-state index contributed by atoms with van der Waals surface area (Å²) >= 11 is 0. The van der Waals surface area contributed by atoms with E-state index in [1.54, 1.807) is 0 Å². The minimum absolute atomic E-state index is 1.07. The minimum Gasteiger partial charge on any atom is -0.304 e. The molecule has 0 unspecified atom stereocenters. The molecule has 0 saturated carbocycles. The monoisotopic (exact) mass is 256 g/mol. The van der Waals surface area contributed by atoms with E-state index in [1.807, 2.05) is 6.92 Å². The van der Waals surface area contributed by atoms with Crippen LogP contribution in [-0.4, -0.2) is 9.38 Å². The first-order chi connectivity index (χ1) is 9.26. The Morgan fingerprint density at radius 3 is 2.84 bits per heavy atom. The number of rotatable bonds is 6. The normalized spacial score (nSPS) is 11.7. The number of hydrogen-bond donors (Lipinski definition) is 0. The van der Waals surface area contributed by atoms with Crippen molar-refractivity contribution in [2.45, 2.75) is 52.9 Å². The molecule has 102 valence electrons. The average Bonchev–Trinajstić information content (AvgIpc) is 2.72. The lowest BCUT2D eigenvalue weighted by Gasteiger charge is -1.99. The molecule has 0 bridgehead atoms. The third-order valence-corrected chi connectivity index (χ3v) is 3.61. The third-order valence-electron chi connectivity index (χ3n) is 3.61. The van der Waals surface area contributed by atoms with E-state index in [-0.39, 0.29) is 0 Å². The molecule has 2 heterocycles. The standard InChI is InChI=1S/C17H24N2/c1-4-6-7-8-10-16-14(3)19-12-11-15(9-5-2)13-17(19)18-16/h5,9,11-13H,4,6-8,10H2,1-3H3/b9-5+. The minimum atomic E-state index is 1.07. The van der Waals surface area contributed by atoms with Gasteiger partial charge in [0.15, 0.2) is 0 Å². The van der Waals surface area contributed by atoms with Gasteiger partial charge in [-0.3, -0.25) is 0 Å². The quantitative estimate of drug-likeness (QED) is 0.679. The van der Waals surface area contributed by atoms with Gasteiger partial charge in [0.2, 0.25) is 0 Å². The van der Waals surface area contributed by atoms with Crippen molar-refractivity contribution in [2.24, 2.45) is 0 Å². The Kier molecular flexibility index (Phi) is 4.78. The van der Waals surface area contributed by atoms with Gasteiger partial charge in [0.25, 0.3) is 0 Å². The Morgan fingerprint density at radius 2 is 2.11 bits per heavy atom. The Bertz CT molecular complexity index is 564. The van der Waals surface area contributed by atoms with Crippen LogP contribution >= 0.6 is 0 Å². The molecule has 2 heteroatoms. The average molecular weight is 256 g/mol. The molecule has 0 atom stereocenters. The smallest absolute Gasteiger partial charge is 0.137 e. The van der Waals surface area contributed by atoms with Crippen LogP contribution in [0.15, 0.2) is 24.4 Å². The number of hydrogen-bond acceptors (Lipinski definition) is 1. The lowest BCUT2D eigenvalue weighted by Crippen LogP contribution is -1.91. The second kappa shape index (κ2) is 6.55. The van der Waals surface area contributed by atoms with Crippen LogP contribution in [0.1, 0.15) is 56.5 Å². The van der Waals surface area contributed by atoms with E-state index >= 15 is 0 Å². The molecular weight excluding hydrogens is 232 g/mol.